The molecule has 1 aliphatic heterocycles. The minimum absolute atomic E-state index is 0.0566. The van der Waals surface area contributed by atoms with E-state index in [0.717, 1.165) is 22.4 Å². The molecule has 29 heavy (non-hydrogen) atoms. The first-order chi connectivity index (χ1) is 14.1. The Labute approximate surface area is 167 Å². The van der Waals surface area contributed by atoms with Crippen molar-refractivity contribution in [2.45, 2.75) is 19.9 Å². The second-order valence-electron chi connectivity index (χ2n) is 7.03. The molecule has 0 aliphatic carbocycles. The molecule has 0 spiro atoms. The van der Waals surface area contributed by atoms with E-state index in [1.165, 1.54) is 12.1 Å². The van der Waals surface area contributed by atoms with Gasteiger partial charge < -0.3 is 14.8 Å². The van der Waals surface area contributed by atoms with Crippen LogP contribution in [-0.4, -0.2) is 51.5 Å². The molecular formula is C20H21FN8. The van der Waals surface area contributed by atoms with Crippen LogP contribution in [0.2, 0.25) is 0 Å². The van der Waals surface area contributed by atoms with Crippen LogP contribution in [0.3, 0.4) is 0 Å². The number of aromatic amines is 1. The summed E-state index contributed by atoms with van der Waals surface area (Å²) in [7, 11) is 0. The predicted octanol–water partition coefficient (Wildman–Crippen LogP) is 2.67. The van der Waals surface area contributed by atoms with Crippen LogP contribution in [-0.2, 0) is 0 Å². The lowest BCUT2D eigenvalue weighted by Gasteiger charge is -2.41. The number of nitrogens with zero attached hydrogens (tertiary/aromatic N) is 6. The number of aryl methyl sites for hydroxylation is 1. The molecule has 2 N–H and O–H groups in total. The molecule has 0 amide bonds. The van der Waals surface area contributed by atoms with Crippen molar-refractivity contribution in [1.29, 1.82) is 5.26 Å². The fraction of sp³-hybridized carbons (Fsp3) is 0.300. The number of piperazine rings is 1. The Balaban J connectivity index is 1.59. The summed E-state index contributed by atoms with van der Waals surface area (Å²) in [6, 6.07) is 6.06. The number of rotatable bonds is 2. The number of aliphatic imine (C=N–C) groups is 1. The normalized spacial score (nSPS) is 17.4. The van der Waals surface area contributed by atoms with Gasteiger partial charge in [0, 0.05) is 31.9 Å². The first kappa shape index (κ1) is 18.7. The van der Waals surface area contributed by atoms with Gasteiger partial charge in [-0.3, -0.25) is 5.32 Å². The van der Waals surface area contributed by atoms with Crippen molar-refractivity contribution in [3.8, 4) is 6.19 Å². The van der Waals surface area contributed by atoms with E-state index in [-0.39, 0.29) is 11.9 Å². The highest BCUT2D eigenvalue weighted by Crippen LogP contribution is 2.27. The van der Waals surface area contributed by atoms with Gasteiger partial charge in [-0.05, 0) is 37.6 Å². The number of H-pyrrole nitrogens is 1. The molecule has 1 fully saturated rings. The van der Waals surface area contributed by atoms with Crippen LogP contribution < -0.4 is 10.2 Å². The highest BCUT2D eigenvalue weighted by molar-refractivity contribution is 5.91. The molecule has 3 aromatic rings. The van der Waals surface area contributed by atoms with Gasteiger partial charge in [0.2, 0.25) is 5.96 Å². The van der Waals surface area contributed by atoms with Crippen molar-refractivity contribution in [2.24, 2.45) is 4.99 Å². The zero-order valence-electron chi connectivity index (χ0n) is 16.2. The van der Waals surface area contributed by atoms with Gasteiger partial charge in [-0.15, -0.1) is 0 Å². The molecule has 148 valence electrons. The Morgan fingerprint density at radius 2 is 2.24 bits per heavy atom. The first-order valence-corrected chi connectivity index (χ1v) is 9.36. The predicted molar refractivity (Wildman–Crippen MR) is 109 cm³/mol. The third-order valence-electron chi connectivity index (χ3n) is 5.06. The van der Waals surface area contributed by atoms with Crippen LogP contribution in [0.5, 0.6) is 0 Å². The lowest BCUT2D eigenvalue weighted by atomic mass is 10.1. The molecule has 1 atom stereocenters. The average molecular weight is 392 g/mol. The number of fused-ring (bicyclic) bond motifs is 1. The Morgan fingerprint density at radius 1 is 1.38 bits per heavy atom. The average Bonchev–Trinajstić information content (AvgIpc) is 3.09. The van der Waals surface area contributed by atoms with Crippen molar-refractivity contribution < 1.29 is 4.39 Å². The fourth-order valence-corrected chi connectivity index (χ4v) is 3.68. The maximum atomic E-state index is 13.5. The molecule has 2 aromatic heterocycles. The highest BCUT2D eigenvalue weighted by Gasteiger charge is 2.28. The van der Waals surface area contributed by atoms with Gasteiger partial charge in [0.25, 0.3) is 0 Å². The minimum atomic E-state index is -0.366. The Morgan fingerprint density at radius 3 is 3.00 bits per heavy atom. The standard InChI is InChI=1S/C20H21FN8/c1-13-9-23-18-17(13)19(26-12-25-18)28-6-7-29(14(2)10-28)20(24-11-22)27-16-5-3-4-15(21)8-16/h3-5,8-9,12,14H,6-7,10H2,1-2H3,(H,24,27)(H,23,25,26). The van der Waals surface area contributed by atoms with E-state index in [4.69, 9.17) is 5.26 Å². The summed E-state index contributed by atoms with van der Waals surface area (Å²) in [6.07, 6.45) is 5.44. The summed E-state index contributed by atoms with van der Waals surface area (Å²) in [6.45, 7) is 6.14. The van der Waals surface area contributed by atoms with Crippen LogP contribution >= 0.6 is 0 Å². The summed E-state index contributed by atoms with van der Waals surface area (Å²) in [5.74, 6) is 0.947. The lowest BCUT2D eigenvalue weighted by Crippen LogP contribution is -2.56. The van der Waals surface area contributed by atoms with E-state index < -0.39 is 0 Å². The number of hydrogen-bond acceptors (Lipinski definition) is 5. The van der Waals surface area contributed by atoms with E-state index in [1.807, 2.05) is 24.2 Å². The number of nitriles is 1. The third kappa shape index (κ3) is 3.69. The zero-order chi connectivity index (χ0) is 20.4. The van der Waals surface area contributed by atoms with Gasteiger partial charge >= 0.3 is 0 Å². The van der Waals surface area contributed by atoms with E-state index >= 15 is 0 Å². The lowest BCUT2D eigenvalue weighted by molar-refractivity contribution is 0.291. The van der Waals surface area contributed by atoms with Gasteiger partial charge in [0.05, 0.1) is 11.1 Å². The molecule has 9 heteroatoms. The van der Waals surface area contributed by atoms with Crippen LogP contribution in [0.4, 0.5) is 15.9 Å². The van der Waals surface area contributed by atoms with E-state index in [0.29, 0.717) is 31.3 Å². The topological polar surface area (TPSA) is 96.2 Å². The van der Waals surface area contributed by atoms with Crippen LogP contribution in [0.15, 0.2) is 41.8 Å². The SMILES string of the molecule is Cc1c[nH]c2ncnc(N3CCN(C(=Nc4cccc(F)c4)NC#N)C(C)C3)c12. The molecule has 1 saturated heterocycles. The molecule has 1 unspecified atom stereocenters. The second-order valence-corrected chi connectivity index (χ2v) is 7.03. The van der Waals surface area contributed by atoms with Crippen LogP contribution in [0, 0.1) is 24.2 Å². The van der Waals surface area contributed by atoms with E-state index in [9.17, 15) is 4.39 Å². The maximum Gasteiger partial charge on any atom is 0.212 e. The second kappa shape index (κ2) is 7.75. The fourth-order valence-electron chi connectivity index (χ4n) is 3.68. The number of nitrogens with one attached hydrogen (secondary N) is 2. The van der Waals surface area contributed by atoms with Crippen molar-refractivity contribution in [3.63, 3.8) is 0 Å². The summed E-state index contributed by atoms with van der Waals surface area (Å²) in [4.78, 5) is 20.7. The molecule has 0 bridgehead atoms. The van der Waals surface area contributed by atoms with Gasteiger partial charge in [0.1, 0.15) is 23.6 Å². The smallest absolute Gasteiger partial charge is 0.212 e. The molecule has 4 rings (SSSR count). The molecule has 0 saturated carbocycles. The van der Waals surface area contributed by atoms with Crippen LogP contribution in [0.25, 0.3) is 11.0 Å². The molecule has 1 aliphatic rings. The van der Waals surface area contributed by atoms with Gasteiger partial charge in [-0.25, -0.2) is 19.4 Å². The molecule has 0 radical (unpaired) electrons. The molecular weight excluding hydrogens is 371 g/mol. The van der Waals surface area contributed by atoms with Crippen molar-refractivity contribution in [3.05, 3.63) is 48.2 Å². The summed E-state index contributed by atoms with van der Waals surface area (Å²) >= 11 is 0. The van der Waals surface area contributed by atoms with Gasteiger partial charge in [0.15, 0.2) is 6.19 Å². The van der Waals surface area contributed by atoms with Crippen molar-refractivity contribution in [2.75, 3.05) is 24.5 Å². The van der Waals surface area contributed by atoms with Gasteiger partial charge in [-0.2, -0.15) is 5.26 Å². The number of hydrogen-bond donors (Lipinski definition) is 2. The minimum Gasteiger partial charge on any atom is -0.352 e. The van der Waals surface area contributed by atoms with Crippen molar-refractivity contribution in [1.82, 2.24) is 25.2 Å². The number of anilines is 1. The number of halogens is 1. The quantitative estimate of drug-likeness (QED) is 0.301. The maximum absolute atomic E-state index is 13.5. The van der Waals surface area contributed by atoms with E-state index in [1.54, 1.807) is 18.5 Å². The number of aromatic nitrogens is 3. The molecule has 3 heterocycles. The summed E-state index contributed by atoms with van der Waals surface area (Å²) in [5.41, 5.74) is 2.38. The monoisotopic (exact) mass is 392 g/mol. The first-order valence-electron chi connectivity index (χ1n) is 9.36. The van der Waals surface area contributed by atoms with Crippen molar-refractivity contribution >= 4 is 28.5 Å². The number of benzene rings is 1. The molecule has 1 aromatic carbocycles. The Bertz CT molecular complexity index is 1100. The summed E-state index contributed by atoms with van der Waals surface area (Å²) < 4.78 is 13.5. The largest absolute Gasteiger partial charge is 0.352 e. The number of guanidine groups is 1. The Hall–Kier alpha value is -3.67. The van der Waals surface area contributed by atoms with Gasteiger partial charge in [-0.1, -0.05) is 6.07 Å². The third-order valence-corrected chi connectivity index (χ3v) is 5.06. The highest BCUT2D eigenvalue weighted by atomic mass is 19.1. The zero-order valence-corrected chi connectivity index (χ0v) is 16.2. The summed E-state index contributed by atoms with van der Waals surface area (Å²) in [5, 5.41) is 12.8. The molecule has 8 nitrogen and oxygen atoms in total. The van der Waals surface area contributed by atoms with E-state index in [2.05, 4.69) is 37.1 Å². The van der Waals surface area contributed by atoms with Crippen LogP contribution in [0.1, 0.15) is 12.5 Å². The Kier molecular flexibility index (Phi) is 4.99.